The molecule has 4 atom stereocenters. The van der Waals surface area contributed by atoms with E-state index < -0.39 is 64.2 Å². The molecule has 0 radical (unpaired) electrons. The highest BCUT2D eigenvalue weighted by molar-refractivity contribution is 14.1. The Morgan fingerprint density at radius 3 is 2.66 bits per heavy atom. The Bertz CT molecular complexity index is 1040. The number of fused-ring (bicyclic) bond motifs is 4. The molecule has 178 valence electrons. The number of carbonyl (C=O) groups is 1. The van der Waals surface area contributed by atoms with E-state index in [1.54, 1.807) is 0 Å². The number of hydrogen-bond donors (Lipinski definition) is 1. The van der Waals surface area contributed by atoms with Crippen molar-refractivity contribution >= 4 is 38.7 Å². The highest BCUT2D eigenvalue weighted by Gasteiger charge is 2.66. The molecule has 3 aliphatic heterocycles. The van der Waals surface area contributed by atoms with Crippen LogP contribution in [0.25, 0.3) is 0 Å². The Morgan fingerprint density at radius 2 is 2.03 bits per heavy atom. The molecule has 8 nitrogen and oxygen atoms in total. The van der Waals surface area contributed by atoms with E-state index in [1.807, 2.05) is 18.2 Å². The summed E-state index contributed by atoms with van der Waals surface area (Å²) in [6.07, 6.45) is -2.81. The summed E-state index contributed by atoms with van der Waals surface area (Å²) in [5.74, 6) is -7.37. The summed E-state index contributed by atoms with van der Waals surface area (Å²) < 4.78 is 106. The van der Waals surface area contributed by atoms with Crippen LogP contribution < -0.4 is 4.74 Å². The summed E-state index contributed by atoms with van der Waals surface area (Å²) in [5, 5.41) is -5.71. The van der Waals surface area contributed by atoms with E-state index in [1.165, 1.54) is 0 Å². The lowest BCUT2D eigenvalue weighted by Crippen LogP contribution is -2.52. The van der Waals surface area contributed by atoms with Crippen LogP contribution in [-0.4, -0.2) is 54.7 Å². The number of alkyl halides is 4. The quantitative estimate of drug-likeness (QED) is 0.231. The molecular weight excluding hydrogens is 579 g/mol. The lowest BCUT2D eigenvalue weighted by atomic mass is 9.84. The summed E-state index contributed by atoms with van der Waals surface area (Å²) >= 11 is 2.14. The standard InChI is InChI=1S/C18H17F4IO8S/c19-17(20,18(21,22)32(25,26)27)3-4-28-15(24)11-6-14-16(7-13(11)30-14)29-8-9-1-2-10(23)5-12(9)31-16/h1-2,5,11,13-14H,3-4,6-8H2,(H,25,26,27). The van der Waals surface area contributed by atoms with E-state index >= 15 is 0 Å². The monoisotopic (exact) mass is 596 g/mol. The lowest BCUT2D eigenvalue weighted by Gasteiger charge is -2.40. The van der Waals surface area contributed by atoms with Gasteiger partial charge in [-0.05, 0) is 41.1 Å². The van der Waals surface area contributed by atoms with Crippen LogP contribution >= 0.6 is 22.6 Å². The lowest BCUT2D eigenvalue weighted by molar-refractivity contribution is -0.232. The molecule has 0 aromatic heterocycles. The van der Waals surface area contributed by atoms with Gasteiger partial charge in [0.15, 0.2) is 0 Å². The van der Waals surface area contributed by atoms with Crippen LogP contribution in [-0.2, 0) is 35.7 Å². The molecule has 0 saturated carbocycles. The average molecular weight is 596 g/mol. The van der Waals surface area contributed by atoms with Crippen molar-refractivity contribution in [3.05, 3.63) is 27.3 Å². The van der Waals surface area contributed by atoms with E-state index in [2.05, 4.69) is 27.3 Å². The van der Waals surface area contributed by atoms with Gasteiger partial charge in [-0.1, -0.05) is 6.07 Å². The zero-order valence-electron chi connectivity index (χ0n) is 16.1. The first kappa shape index (κ1) is 23.9. The Hall–Kier alpha value is -1.23. The molecule has 2 saturated heterocycles. The molecule has 4 rings (SSSR count). The van der Waals surface area contributed by atoms with Gasteiger partial charge in [0.2, 0.25) is 5.79 Å². The average Bonchev–Trinajstić information content (AvgIpc) is 3.24. The minimum atomic E-state index is -6.35. The van der Waals surface area contributed by atoms with Gasteiger partial charge in [0.05, 0.1) is 31.7 Å². The SMILES string of the molecule is O=C(OCCC(F)(F)C(F)(F)S(=O)(=O)O)C1CC2OC1CC21OCc2ccc(I)cc2O1. The molecule has 0 aliphatic carbocycles. The molecule has 3 aliphatic rings. The van der Waals surface area contributed by atoms with Crippen LogP contribution in [0.15, 0.2) is 18.2 Å². The number of rotatable bonds is 6. The van der Waals surface area contributed by atoms with E-state index in [0.29, 0.717) is 5.75 Å². The van der Waals surface area contributed by atoms with Crippen LogP contribution in [0.2, 0.25) is 0 Å². The highest BCUT2D eigenvalue weighted by Crippen LogP contribution is 2.51. The first-order valence-corrected chi connectivity index (χ1v) is 11.9. The fourth-order valence-corrected chi connectivity index (χ4v) is 4.96. The number of hydrogen-bond acceptors (Lipinski definition) is 7. The summed E-state index contributed by atoms with van der Waals surface area (Å²) in [6, 6.07) is 5.63. The molecule has 1 spiro atoms. The number of ether oxygens (including phenoxy) is 4. The minimum Gasteiger partial charge on any atom is -0.465 e. The maximum Gasteiger partial charge on any atom is 0.431 e. The predicted octanol–water partition coefficient (Wildman–Crippen LogP) is 3.12. The molecule has 14 heteroatoms. The van der Waals surface area contributed by atoms with Crippen molar-refractivity contribution in [2.75, 3.05) is 6.61 Å². The molecule has 3 heterocycles. The van der Waals surface area contributed by atoms with Gasteiger partial charge in [-0.2, -0.15) is 26.0 Å². The normalized spacial score (nSPS) is 29.6. The molecule has 4 unspecified atom stereocenters. The fourth-order valence-electron chi connectivity index (χ4n) is 4.02. The van der Waals surface area contributed by atoms with Crippen molar-refractivity contribution < 1.29 is 54.3 Å². The molecule has 1 aromatic carbocycles. The third-order valence-electron chi connectivity index (χ3n) is 5.73. The van der Waals surface area contributed by atoms with Crippen molar-refractivity contribution in [2.24, 2.45) is 5.92 Å². The van der Waals surface area contributed by atoms with Gasteiger partial charge in [0, 0.05) is 15.6 Å². The second-order valence-corrected chi connectivity index (χ2v) is 10.5. The number of benzene rings is 1. The van der Waals surface area contributed by atoms with Gasteiger partial charge in [-0.3, -0.25) is 9.35 Å². The van der Waals surface area contributed by atoms with E-state index in [9.17, 15) is 30.8 Å². The number of halogens is 5. The third kappa shape index (κ3) is 3.97. The van der Waals surface area contributed by atoms with Gasteiger partial charge in [-0.15, -0.1) is 0 Å². The zero-order valence-corrected chi connectivity index (χ0v) is 19.1. The largest absolute Gasteiger partial charge is 0.465 e. The third-order valence-corrected chi connectivity index (χ3v) is 7.35. The predicted molar refractivity (Wildman–Crippen MR) is 106 cm³/mol. The first-order valence-electron chi connectivity index (χ1n) is 9.42. The second-order valence-electron chi connectivity index (χ2n) is 7.78. The number of carbonyl (C=O) groups excluding carboxylic acids is 1. The topological polar surface area (TPSA) is 108 Å². The second kappa shape index (κ2) is 7.92. The summed E-state index contributed by atoms with van der Waals surface area (Å²) in [7, 11) is -6.35. The Morgan fingerprint density at radius 1 is 1.31 bits per heavy atom. The van der Waals surface area contributed by atoms with E-state index in [4.69, 9.17) is 18.8 Å². The Labute approximate surface area is 193 Å². The maximum absolute atomic E-state index is 13.5. The van der Waals surface area contributed by atoms with Gasteiger partial charge in [0.1, 0.15) is 11.9 Å². The molecule has 1 aromatic rings. The zero-order chi connectivity index (χ0) is 23.5. The summed E-state index contributed by atoms with van der Waals surface area (Å²) in [5.41, 5.74) is 0.859. The smallest absolute Gasteiger partial charge is 0.431 e. The molecule has 1 N–H and O–H groups in total. The number of esters is 1. The van der Waals surface area contributed by atoms with Gasteiger partial charge in [0.25, 0.3) is 0 Å². The Kier molecular flexibility index (Phi) is 5.92. The molecular formula is C18H17F4IO8S. The van der Waals surface area contributed by atoms with Crippen LogP contribution in [0.4, 0.5) is 17.6 Å². The summed E-state index contributed by atoms with van der Waals surface area (Å²) in [6.45, 7) is -0.889. The molecule has 32 heavy (non-hydrogen) atoms. The van der Waals surface area contributed by atoms with E-state index in [-0.39, 0.29) is 19.4 Å². The van der Waals surface area contributed by atoms with E-state index in [0.717, 1.165) is 9.13 Å². The van der Waals surface area contributed by atoms with Gasteiger partial charge in [-0.25, -0.2) is 0 Å². The fraction of sp³-hybridized carbons (Fsp3) is 0.611. The minimum absolute atomic E-state index is 0.111. The van der Waals surface area contributed by atoms with Crippen LogP contribution in [0.3, 0.4) is 0 Å². The highest BCUT2D eigenvalue weighted by atomic mass is 127. The van der Waals surface area contributed by atoms with Crippen molar-refractivity contribution in [2.45, 2.75) is 55.0 Å². The molecule has 0 amide bonds. The van der Waals surface area contributed by atoms with Gasteiger partial charge >= 0.3 is 27.3 Å². The molecule has 2 fully saturated rings. The summed E-state index contributed by atoms with van der Waals surface area (Å²) in [4.78, 5) is 12.3. The van der Waals surface area contributed by atoms with Gasteiger partial charge < -0.3 is 18.9 Å². The Balaban J connectivity index is 1.34. The van der Waals surface area contributed by atoms with Crippen LogP contribution in [0.1, 0.15) is 24.8 Å². The van der Waals surface area contributed by atoms with Crippen molar-refractivity contribution in [3.63, 3.8) is 0 Å². The van der Waals surface area contributed by atoms with Crippen molar-refractivity contribution in [1.82, 2.24) is 0 Å². The maximum atomic E-state index is 13.5. The van der Waals surface area contributed by atoms with Crippen LogP contribution in [0.5, 0.6) is 5.75 Å². The van der Waals surface area contributed by atoms with Crippen LogP contribution in [0, 0.1) is 9.49 Å². The van der Waals surface area contributed by atoms with Crippen molar-refractivity contribution in [1.29, 1.82) is 0 Å². The molecule has 2 bridgehead atoms. The van der Waals surface area contributed by atoms with Crippen molar-refractivity contribution in [3.8, 4) is 5.75 Å². The first-order chi connectivity index (χ1) is 14.8.